The second-order valence-corrected chi connectivity index (χ2v) is 15.2. The van der Waals surface area contributed by atoms with E-state index in [9.17, 15) is 19.6 Å². The van der Waals surface area contributed by atoms with Gasteiger partial charge in [-0.2, -0.15) is 0 Å². The van der Waals surface area contributed by atoms with Crippen LogP contribution in [-0.2, 0) is 14.4 Å². The summed E-state index contributed by atoms with van der Waals surface area (Å²) in [5, 5.41) is 10.8. The van der Waals surface area contributed by atoms with Crippen molar-refractivity contribution in [2.24, 2.45) is 50.2 Å². The number of Topliss-reactive ketones (excluding diaryl/α,β-unsaturated/α-hetero) is 1. The summed E-state index contributed by atoms with van der Waals surface area (Å²) in [5.74, 6) is 0.712. The highest BCUT2D eigenvalue weighted by Crippen LogP contribution is 2.74. The Morgan fingerprint density at radius 2 is 1.58 bits per heavy atom. The highest BCUT2D eigenvalue weighted by Gasteiger charge is 2.70. The van der Waals surface area contributed by atoms with Crippen LogP contribution >= 0.6 is 0 Å². The number of allylic oxidation sites excluding steroid dienone is 2. The quantitative estimate of drug-likeness (QED) is 0.337. The normalized spacial score (nSPS) is 49.7. The van der Waals surface area contributed by atoms with Crippen molar-refractivity contribution in [1.29, 1.82) is 0 Å². The summed E-state index contributed by atoms with van der Waals surface area (Å²) in [6.07, 6.45) is 9.92. The number of ketones is 2. The molecule has 0 aromatic heterocycles. The lowest BCUT2D eigenvalue weighted by atomic mass is 9.33. The number of hydroxylamine groups is 2. The van der Waals surface area contributed by atoms with E-state index in [1.807, 2.05) is 13.0 Å². The zero-order valence-electron chi connectivity index (χ0n) is 23.8. The lowest BCUT2D eigenvalue weighted by molar-refractivity contribution is -0.190. The minimum atomic E-state index is -0.620. The number of amides is 1. The van der Waals surface area contributed by atoms with Crippen molar-refractivity contribution in [2.45, 2.75) is 106 Å². The van der Waals surface area contributed by atoms with Crippen LogP contribution in [0.4, 0.5) is 0 Å². The predicted octanol–water partition coefficient (Wildman–Crippen LogP) is 6.38. The van der Waals surface area contributed by atoms with Crippen molar-refractivity contribution in [3.8, 4) is 0 Å². The van der Waals surface area contributed by atoms with E-state index < -0.39 is 5.41 Å². The molecule has 200 valence electrons. The number of hydrogen-bond acceptors (Lipinski definition) is 4. The van der Waals surface area contributed by atoms with Gasteiger partial charge in [-0.15, -0.1) is 0 Å². The Labute approximate surface area is 217 Å². The fraction of sp³-hybridized carbons (Fsp3) is 0.839. The van der Waals surface area contributed by atoms with Crippen molar-refractivity contribution in [3.05, 3.63) is 11.6 Å². The molecule has 8 atom stereocenters. The number of fused-ring (bicyclic) bond motifs is 7. The Morgan fingerprint density at radius 1 is 0.944 bits per heavy atom. The molecule has 1 unspecified atom stereocenters. The van der Waals surface area contributed by atoms with Gasteiger partial charge < -0.3 is 0 Å². The van der Waals surface area contributed by atoms with Gasteiger partial charge in [0.2, 0.25) is 0 Å². The van der Waals surface area contributed by atoms with Crippen molar-refractivity contribution in [3.63, 3.8) is 0 Å². The van der Waals surface area contributed by atoms with Gasteiger partial charge in [-0.1, -0.05) is 54.0 Å². The molecule has 0 aromatic rings. The fourth-order valence-corrected chi connectivity index (χ4v) is 10.6. The van der Waals surface area contributed by atoms with Crippen LogP contribution in [0, 0.1) is 50.2 Å². The molecule has 0 radical (unpaired) electrons. The molecule has 0 aliphatic heterocycles. The monoisotopic (exact) mass is 497 g/mol. The van der Waals surface area contributed by atoms with Crippen molar-refractivity contribution in [1.82, 2.24) is 5.06 Å². The molecule has 5 aliphatic carbocycles. The summed E-state index contributed by atoms with van der Waals surface area (Å²) in [6.45, 7) is 15.7. The van der Waals surface area contributed by atoms with Gasteiger partial charge in [-0.05, 0) is 90.9 Å². The van der Waals surface area contributed by atoms with E-state index >= 15 is 0 Å². The van der Waals surface area contributed by atoms with E-state index in [0.717, 1.165) is 50.0 Å². The summed E-state index contributed by atoms with van der Waals surface area (Å²) in [6, 6.07) is 0. The molecule has 4 saturated carbocycles. The Kier molecular flexibility index (Phi) is 5.48. The van der Waals surface area contributed by atoms with Gasteiger partial charge in [0.15, 0.2) is 5.78 Å². The molecule has 0 bridgehead atoms. The van der Waals surface area contributed by atoms with E-state index in [0.29, 0.717) is 18.6 Å². The molecule has 36 heavy (non-hydrogen) atoms. The first kappa shape index (κ1) is 26.1. The van der Waals surface area contributed by atoms with Crippen LogP contribution in [0.15, 0.2) is 11.6 Å². The Bertz CT molecular complexity index is 1060. The number of carbonyl (C=O) groups is 3. The molecule has 5 rings (SSSR count). The van der Waals surface area contributed by atoms with Gasteiger partial charge in [-0.3, -0.25) is 19.6 Å². The molecule has 0 aromatic carbocycles. The number of nitrogens with zero attached hydrogens (tertiary/aromatic N) is 1. The van der Waals surface area contributed by atoms with Crippen LogP contribution in [0.1, 0.15) is 106 Å². The summed E-state index contributed by atoms with van der Waals surface area (Å²) in [7, 11) is 1.43. The maximum Gasteiger partial charge on any atom is 0.251 e. The third kappa shape index (κ3) is 3.07. The van der Waals surface area contributed by atoms with Crippen LogP contribution in [0.3, 0.4) is 0 Å². The predicted molar refractivity (Wildman–Crippen MR) is 139 cm³/mol. The Hall–Kier alpha value is -1.49. The van der Waals surface area contributed by atoms with Crippen molar-refractivity contribution in [2.75, 3.05) is 7.05 Å². The van der Waals surface area contributed by atoms with E-state index in [1.54, 1.807) is 0 Å². The zero-order chi connectivity index (χ0) is 26.7. The van der Waals surface area contributed by atoms with Crippen LogP contribution in [0.2, 0.25) is 0 Å². The molecule has 5 heteroatoms. The molecular weight excluding hydrogens is 450 g/mol. The van der Waals surface area contributed by atoms with Crippen molar-refractivity contribution < 1.29 is 19.6 Å². The van der Waals surface area contributed by atoms with E-state index in [2.05, 4.69) is 41.5 Å². The van der Waals surface area contributed by atoms with Crippen LogP contribution < -0.4 is 0 Å². The van der Waals surface area contributed by atoms with Gasteiger partial charge in [0.25, 0.3) is 5.91 Å². The Balaban J connectivity index is 1.61. The fourth-order valence-electron chi connectivity index (χ4n) is 10.6. The maximum atomic E-state index is 14.3. The molecule has 5 aliphatic rings. The van der Waals surface area contributed by atoms with E-state index in [1.165, 1.54) is 12.6 Å². The lowest BCUT2D eigenvalue weighted by Crippen LogP contribution is -2.66. The van der Waals surface area contributed by atoms with Gasteiger partial charge in [-0.25, -0.2) is 5.06 Å². The van der Waals surface area contributed by atoms with Crippen LogP contribution in [0.25, 0.3) is 0 Å². The first-order chi connectivity index (χ1) is 16.5. The summed E-state index contributed by atoms with van der Waals surface area (Å²) >= 11 is 0. The van der Waals surface area contributed by atoms with Crippen LogP contribution in [-0.4, -0.2) is 34.8 Å². The van der Waals surface area contributed by atoms with Gasteiger partial charge in [0, 0.05) is 30.2 Å². The largest absolute Gasteiger partial charge is 0.299 e. The second kappa shape index (κ2) is 7.55. The Morgan fingerprint density at radius 3 is 2.22 bits per heavy atom. The van der Waals surface area contributed by atoms with Crippen LogP contribution in [0.5, 0.6) is 0 Å². The number of rotatable bonds is 1. The second-order valence-electron chi connectivity index (χ2n) is 15.2. The molecule has 5 nitrogen and oxygen atoms in total. The average molecular weight is 498 g/mol. The molecule has 4 fully saturated rings. The zero-order valence-corrected chi connectivity index (χ0v) is 23.8. The molecular formula is C31H47NO4. The highest BCUT2D eigenvalue weighted by atomic mass is 16.5. The summed E-state index contributed by atoms with van der Waals surface area (Å²) in [4.78, 5) is 40.3. The third-order valence-corrected chi connectivity index (χ3v) is 13.1. The standard InChI is InChI=1S/C31H47NO4/c1-26(2)22-9-12-31(7)24(29(22,5)11-10-23(26)34)21(33)17-19-20-18-28(4,25(35)32(8)36)14-13-27(20,3)15-16-30(19,31)6/h17,20,22,24,36H,9-16,18H2,1-8H3/t20-,22?,24+,27+,28-,29-,30+,31+/m0/s1. The third-order valence-electron chi connectivity index (χ3n) is 13.1. The van der Waals surface area contributed by atoms with E-state index in [4.69, 9.17) is 0 Å². The topological polar surface area (TPSA) is 74.7 Å². The number of carbonyl (C=O) groups excluding carboxylic acids is 3. The lowest BCUT2D eigenvalue weighted by Gasteiger charge is -2.70. The SMILES string of the molecule is CN(O)C(=O)[C@@]1(C)CC[C@]2(C)CC[C@]3(C)C(=CC(=O)[C@@H]4[C@@]5(C)CCC(=O)C(C)(C)C5CC[C@]43C)[C@@H]2C1. The average Bonchev–Trinajstić information content (AvgIpc) is 2.78. The smallest absolute Gasteiger partial charge is 0.251 e. The van der Waals surface area contributed by atoms with Gasteiger partial charge in [0.05, 0.1) is 0 Å². The first-order valence-corrected chi connectivity index (χ1v) is 14.2. The van der Waals surface area contributed by atoms with Gasteiger partial charge >= 0.3 is 0 Å². The van der Waals surface area contributed by atoms with E-state index in [-0.39, 0.29) is 56.5 Å². The summed E-state index contributed by atoms with van der Waals surface area (Å²) < 4.78 is 0. The molecule has 0 spiro atoms. The summed E-state index contributed by atoms with van der Waals surface area (Å²) in [5.41, 5.74) is -0.109. The number of hydrogen-bond donors (Lipinski definition) is 1. The minimum Gasteiger partial charge on any atom is -0.299 e. The minimum absolute atomic E-state index is 0.0724. The van der Waals surface area contributed by atoms with Gasteiger partial charge in [0.1, 0.15) is 5.78 Å². The molecule has 1 N–H and O–H groups in total. The highest BCUT2D eigenvalue weighted by molar-refractivity contribution is 5.96. The maximum absolute atomic E-state index is 14.3. The molecule has 0 saturated heterocycles. The van der Waals surface area contributed by atoms with Crippen molar-refractivity contribution >= 4 is 17.5 Å². The first-order valence-electron chi connectivity index (χ1n) is 14.2. The molecule has 1 amide bonds. The molecule has 0 heterocycles.